The van der Waals surface area contributed by atoms with Gasteiger partial charge in [-0.3, -0.25) is 9.10 Å². The number of rotatable bonds is 3. The Kier molecular flexibility index (Phi) is 4.13. The van der Waals surface area contributed by atoms with Crippen LogP contribution in [0.5, 0.6) is 5.75 Å². The number of aromatic hydroxyl groups is 1. The van der Waals surface area contributed by atoms with Crippen LogP contribution in [0.1, 0.15) is 15.9 Å². The van der Waals surface area contributed by atoms with Crippen molar-refractivity contribution in [1.82, 2.24) is 4.31 Å². The van der Waals surface area contributed by atoms with Crippen molar-refractivity contribution in [3.63, 3.8) is 0 Å². The van der Waals surface area contributed by atoms with Gasteiger partial charge in [-0.1, -0.05) is 24.3 Å². The number of hydrogen-bond donors (Lipinski definition) is 2. The van der Waals surface area contributed by atoms with E-state index in [9.17, 15) is 23.4 Å². The summed E-state index contributed by atoms with van der Waals surface area (Å²) in [5.41, 5.74) is 0.516. The van der Waals surface area contributed by atoms with E-state index in [0.717, 1.165) is 4.31 Å². The molecule has 124 valence electrons. The van der Waals surface area contributed by atoms with Crippen LogP contribution in [0.2, 0.25) is 0 Å². The minimum absolute atomic E-state index is 0.00424. The first-order valence-electron chi connectivity index (χ1n) is 7.23. The third-order valence-electron chi connectivity index (χ3n) is 3.68. The smallest absolute Gasteiger partial charge is 0.265 e. The Balaban J connectivity index is 2.22. The number of benzene rings is 2. The van der Waals surface area contributed by atoms with Crippen LogP contribution in [0.15, 0.2) is 59.1 Å². The fourth-order valence-corrected chi connectivity index (χ4v) is 4.26. The predicted octanol–water partition coefficient (Wildman–Crippen LogP) is 1.61. The third kappa shape index (κ3) is 2.68. The van der Waals surface area contributed by atoms with Crippen LogP contribution < -0.4 is 0 Å². The fraction of sp³-hybridized carbons (Fsp3) is 0.118. The second-order valence-electron chi connectivity index (χ2n) is 5.25. The van der Waals surface area contributed by atoms with Crippen LogP contribution >= 0.6 is 0 Å². The first-order valence-corrected chi connectivity index (χ1v) is 8.67. The highest BCUT2D eigenvalue weighted by Gasteiger charge is 2.38. The molecule has 0 fully saturated rings. The maximum absolute atomic E-state index is 12.8. The monoisotopic (exact) mass is 345 g/mol. The van der Waals surface area contributed by atoms with E-state index in [1.807, 2.05) is 0 Å². The summed E-state index contributed by atoms with van der Waals surface area (Å²) < 4.78 is 26.5. The number of hydrogen-bond acceptors (Lipinski definition) is 5. The number of ketones is 1. The topological polar surface area (TPSA) is 94.9 Å². The van der Waals surface area contributed by atoms with Crippen molar-refractivity contribution in [2.75, 3.05) is 13.2 Å². The quantitative estimate of drug-likeness (QED) is 0.824. The molecule has 2 N–H and O–H groups in total. The van der Waals surface area contributed by atoms with Crippen molar-refractivity contribution in [3.05, 3.63) is 65.4 Å². The Hall–Kier alpha value is -2.64. The molecule has 0 radical (unpaired) electrons. The highest BCUT2D eigenvalue weighted by Crippen LogP contribution is 2.33. The van der Waals surface area contributed by atoms with Gasteiger partial charge in [0.25, 0.3) is 10.0 Å². The molecule has 0 saturated carbocycles. The minimum atomic E-state index is -3.94. The first kappa shape index (κ1) is 16.2. The Labute approximate surface area is 139 Å². The average Bonchev–Trinajstić information content (AvgIpc) is 2.56. The minimum Gasteiger partial charge on any atom is -0.508 e. The molecule has 0 aliphatic carbocycles. The Morgan fingerprint density at radius 3 is 2.54 bits per heavy atom. The van der Waals surface area contributed by atoms with E-state index in [1.54, 1.807) is 24.3 Å². The van der Waals surface area contributed by atoms with Crippen LogP contribution in [0.3, 0.4) is 0 Å². The number of phenolic OH excluding ortho intramolecular Hbond substituents is 1. The molecule has 3 rings (SSSR count). The highest BCUT2D eigenvalue weighted by molar-refractivity contribution is 7.89. The van der Waals surface area contributed by atoms with E-state index in [2.05, 4.69) is 0 Å². The Morgan fingerprint density at radius 2 is 1.83 bits per heavy atom. The molecule has 2 aromatic carbocycles. The van der Waals surface area contributed by atoms with Crippen LogP contribution in [0, 0.1) is 0 Å². The molecule has 6 nitrogen and oxygen atoms in total. The highest BCUT2D eigenvalue weighted by atomic mass is 32.2. The number of sulfonamides is 1. The van der Waals surface area contributed by atoms with E-state index in [4.69, 9.17) is 0 Å². The molecule has 2 aromatic rings. The van der Waals surface area contributed by atoms with Crippen molar-refractivity contribution in [2.45, 2.75) is 4.90 Å². The number of fused-ring (bicyclic) bond motifs is 1. The summed E-state index contributed by atoms with van der Waals surface area (Å²) in [4.78, 5) is 12.7. The molecule has 0 spiro atoms. The summed E-state index contributed by atoms with van der Waals surface area (Å²) in [5, 5.41) is 18.8. The number of phenols is 1. The molecule has 0 unspecified atom stereocenters. The van der Waals surface area contributed by atoms with Crippen LogP contribution in [0.25, 0.3) is 6.08 Å². The zero-order valence-corrected chi connectivity index (χ0v) is 13.4. The van der Waals surface area contributed by atoms with Crippen molar-refractivity contribution in [2.24, 2.45) is 0 Å². The van der Waals surface area contributed by atoms with Gasteiger partial charge in [-0.25, -0.2) is 8.42 Å². The zero-order valence-electron chi connectivity index (χ0n) is 12.6. The van der Waals surface area contributed by atoms with Gasteiger partial charge in [-0.2, -0.15) is 0 Å². The third-order valence-corrected chi connectivity index (χ3v) is 5.55. The summed E-state index contributed by atoms with van der Waals surface area (Å²) in [6.45, 7) is -0.654. The number of aliphatic hydroxyl groups excluding tert-OH is 1. The van der Waals surface area contributed by atoms with E-state index >= 15 is 0 Å². The van der Waals surface area contributed by atoms with E-state index in [0.29, 0.717) is 5.56 Å². The maximum atomic E-state index is 12.8. The van der Waals surface area contributed by atoms with Gasteiger partial charge in [0.1, 0.15) is 11.4 Å². The van der Waals surface area contributed by atoms with Gasteiger partial charge in [0, 0.05) is 5.56 Å². The van der Waals surface area contributed by atoms with E-state index in [1.165, 1.54) is 30.3 Å². The summed E-state index contributed by atoms with van der Waals surface area (Å²) in [5.74, 6) is -0.443. The lowest BCUT2D eigenvalue weighted by atomic mass is 10.1. The SMILES string of the molecule is O=C1C(=Cc2cccc(O)c2)N(CCO)S(=O)(=O)c2ccccc21. The molecule has 0 aromatic heterocycles. The number of aliphatic hydroxyl groups is 1. The average molecular weight is 345 g/mol. The van der Waals surface area contributed by atoms with E-state index < -0.39 is 22.4 Å². The van der Waals surface area contributed by atoms with Crippen molar-refractivity contribution >= 4 is 21.9 Å². The molecule has 0 bridgehead atoms. The molecule has 1 heterocycles. The molecular weight excluding hydrogens is 330 g/mol. The van der Waals surface area contributed by atoms with Gasteiger partial charge in [-0.05, 0) is 35.9 Å². The van der Waals surface area contributed by atoms with Gasteiger partial charge in [0.05, 0.1) is 18.0 Å². The van der Waals surface area contributed by atoms with Crippen LogP contribution in [-0.4, -0.2) is 41.9 Å². The van der Waals surface area contributed by atoms with Gasteiger partial charge in [0.15, 0.2) is 0 Å². The molecule has 1 aliphatic rings. The molecule has 24 heavy (non-hydrogen) atoms. The van der Waals surface area contributed by atoms with E-state index in [-0.39, 0.29) is 28.5 Å². The molecular formula is C17H15NO5S. The predicted molar refractivity (Wildman–Crippen MR) is 87.8 cm³/mol. The second kappa shape index (κ2) is 6.10. The number of carbonyl (C=O) groups is 1. The summed E-state index contributed by atoms with van der Waals surface area (Å²) >= 11 is 0. The van der Waals surface area contributed by atoms with Crippen molar-refractivity contribution in [3.8, 4) is 5.75 Å². The number of nitrogens with zero attached hydrogens (tertiary/aromatic N) is 1. The van der Waals surface area contributed by atoms with Gasteiger partial charge >= 0.3 is 0 Å². The fourth-order valence-electron chi connectivity index (χ4n) is 2.62. The van der Waals surface area contributed by atoms with Gasteiger partial charge < -0.3 is 10.2 Å². The number of β-amino-alcohol motifs (C(OH)–C–C–N with tert-alkyl or cyclic N) is 1. The Morgan fingerprint density at radius 1 is 1.08 bits per heavy atom. The van der Waals surface area contributed by atoms with Crippen molar-refractivity contribution in [1.29, 1.82) is 0 Å². The lowest BCUT2D eigenvalue weighted by Crippen LogP contribution is -2.40. The second-order valence-corrected chi connectivity index (χ2v) is 7.08. The standard InChI is InChI=1S/C17H15NO5S/c19-9-8-18-15(11-12-4-3-5-13(20)10-12)17(21)14-6-1-2-7-16(14)24(18,22)23/h1-7,10-11,19-20H,8-9H2. The lowest BCUT2D eigenvalue weighted by Gasteiger charge is -2.30. The molecule has 0 saturated heterocycles. The Bertz CT molecular complexity index is 934. The van der Waals surface area contributed by atoms with Gasteiger partial charge in [0.2, 0.25) is 5.78 Å². The zero-order chi connectivity index (χ0) is 17.3. The molecule has 0 atom stereocenters. The molecule has 7 heteroatoms. The van der Waals surface area contributed by atoms with Crippen LogP contribution in [-0.2, 0) is 10.0 Å². The molecule has 0 amide bonds. The number of carbonyl (C=O) groups excluding carboxylic acids is 1. The summed E-state index contributed by atoms with van der Waals surface area (Å²) in [7, 11) is -3.94. The largest absolute Gasteiger partial charge is 0.508 e. The molecule has 1 aliphatic heterocycles. The number of allylic oxidation sites excluding steroid dienone is 1. The van der Waals surface area contributed by atoms with Crippen molar-refractivity contribution < 1.29 is 23.4 Å². The van der Waals surface area contributed by atoms with Gasteiger partial charge in [-0.15, -0.1) is 0 Å². The van der Waals surface area contributed by atoms with Crippen LogP contribution in [0.4, 0.5) is 0 Å². The number of Topliss-reactive ketones (excluding diaryl/α,β-unsaturated/α-hetero) is 1. The lowest BCUT2D eigenvalue weighted by molar-refractivity contribution is 0.0998. The summed E-state index contributed by atoms with van der Waals surface area (Å²) in [6, 6.07) is 12.1. The normalized spacial score (nSPS) is 17.8. The first-order chi connectivity index (χ1) is 11.4. The maximum Gasteiger partial charge on any atom is 0.265 e. The summed E-state index contributed by atoms with van der Waals surface area (Å²) in [6.07, 6.45) is 1.39.